The molecule has 1 N–H and O–H groups in total. The Hall–Kier alpha value is -1.55. The molecule has 4 nitrogen and oxygen atoms in total. The summed E-state index contributed by atoms with van der Waals surface area (Å²) in [6, 6.07) is 2.31. The van der Waals surface area contributed by atoms with Crippen molar-refractivity contribution in [2.24, 2.45) is 0 Å². The van der Waals surface area contributed by atoms with Crippen LogP contribution in [0.2, 0.25) is 5.15 Å². The highest BCUT2D eigenvalue weighted by Crippen LogP contribution is 2.23. The summed E-state index contributed by atoms with van der Waals surface area (Å²) in [5.74, 6) is 0. The highest BCUT2D eigenvalue weighted by molar-refractivity contribution is 6.32. The fourth-order valence-electron chi connectivity index (χ4n) is 1.68. The van der Waals surface area contributed by atoms with Crippen molar-refractivity contribution in [1.82, 2.24) is 14.8 Å². The number of aryl methyl sites for hydroxylation is 1. The summed E-state index contributed by atoms with van der Waals surface area (Å²) in [6.07, 6.45) is 5.61. The first-order valence-corrected chi connectivity index (χ1v) is 6.33. The normalized spacial score (nSPS) is 10.9. The summed E-state index contributed by atoms with van der Waals surface area (Å²) >= 11 is 6.06. The van der Waals surface area contributed by atoms with Crippen molar-refractivity contribution in [3.05, 3.63) is 40.9 Å². The van der Waals surface area contributed by atoms with Crippen molar-refractivity contribution >= 4 is 17.3 Å². The van der Waals surface area contributed by atoms with E-state index in [1.807, 2.05) is 30.1 Å². The highest BCUT2D eigenvalue weighted by Gasteiger charge is 2.06. The van der Waals surface area contributed by atoms with Gasteiger partial charge in [0, 0.05) is 30.5 Å². The number of nitrogens with zero attached hydrogens (tertiary/aromatic N) is 3. The maximum absolute atomic E-state index is 6.06. The second kappa shape index (κ2) is 5.40. The van der Waals surface area contributed by atoms with E-state index in [1.165, 1.54) is 0 Å². The molecule has 0 aromatic carbocycles. The molecule has 5 heteroatoms. The Balaban J connectivity index is 2.07. The average molecular weight is 265 g/mol. The number of aromatic nitrogens is 3. The molecular formula is C13H17ClN4. The third-order valence-electron chi connectivity index (χ3n) is 2.77. The summed E-state index contributed by atoms with van der Waals surface area (Å²) in [5.41, 5.74) is 3.10. The second-order valence-electron chi connectivity index (χ2n) is 4.57. The van der Waals surface area contributed by atoms with Crippen LogP contribution in [0.1, 0.15) is 31.0 Å². The Morgan fingerprint density at radius 2 is 2.22 bits per heavy atom. The Labute approximate surface area is 112 Å². The first-order valence-electron chi connectivity index (χ1n) is 5.96. The lowest BCUT2D eigenvalue weighted by atomic mass is 10.2. The summed E-state index contributed by atoms with van der Waals surface area (Å²) in [5, 5.41) is 8.11. The molecule has 0 radical (unpaired) electrons. The number of nitrogens with one attached hydrogen (secondary N) is 1. The van der Waals surface area contributed by atoms with E-state index in [4.69, 9.17) is 11.6 Å². The van der Waals surface area contributed by atoms with Crippen LogP contribution in [0.25, 0.3) is 0 Å². The van der Waals surface area contributed by atoms with Gasteiger partial charge in [0.1, 0.15) is 0 Å². The monoisotopic (exact) mass is 264 g/mol. The maximum Gasteiger partial charge on any atom is 0.152 e. The molecule has 0 aliphatic carbocycles. The molecule has 0 unspecified atom stereocenters. The first-order chi connectivity index (χ1) is 8.58. The van der Waals surface area contributed by atoms with Gasteiger partial charge in [-0.05, 0) is 32.4 Å². The molecule has 18 heavy (non-hydrogen) atoms. The molecule has 2 heterocycles. The van der Waals surface area contributed by atoms with Crippen LogP contribution in [0.4, 0.5) is 5.69 Å². The first kappa shape index (κ1) is 12.9. The number of hydrogen-bond donors (Lipinski definition) is 1. The van der Waals surface area contributed by atoms with E-state index in [2.05, 4.69) is 29.2 Å². The molecule has 2 aromatic heterocycles. The average Bonchev–Trinajstić information content (AvgIpc) is 2.77. The van der Waals surface area contributed by atoms with Gasteiger partial charge in [0.05, 0.1) is 11.9 Å². The van der Waals surface area contributed by atoms with Crippen LogP contribution in [-0.4, -0.2) is 14.8 Å². The van der Waals surface area contributed by atoms with Crippen molar-refractivity contribution in [3.63, 3.8) is 0 Å². The van der Waals surface area contributed by atoms with Crippen molar-refractivity contribution in [1.29, 1.82) is 0 Å². The van der Waals surface area contributed by atoms with E-state index in [0.717, 1.165) is 16.8 Å². The SMILES string of the molecule is Cc1ccnc(Cl)c1NCc1cnn(C(C)C)c1. The summed E-state index contributed by atoms with van der Waals surface area (Å²) in [4.78, 5) is 4.07. The van der Waals surface area contributed by atoms with Crippen LogP contribution in [-0.2, 0) is 6.54 Å². The van der Waals surface area contributed by atoms with Crippen molar-refractivity contribution in [2.45, 2.75) is 33.4 Å². The van der Waals surface area contributed by atoms with Gasteiger partial charge in [-0.2, -0.15) is 5.10 Å². The lowest BCUT2D eigenvalue weighted by Gasteiger charge is -2.09. The number of halogens is 1. The van der Waals surface area contributed by atoms with Crippen LogP contribution >= 0.6 is 11.6 Å². The van der Waals surface area contributed by atoms with Gasteiger partial charge in [0.2, 0.25) is 0 Å². The molecule has 2 aromatic rings. The third kappa shape index (κ3) is 2.82. The summed E-state index contributed by atoms with van der Waals surface area (Å²) in [6.45, 7) is 6.91. The van der Waals surface area contributed by atoms with Crippen molar-refractivity contribution < 1.29 is 0 Å². The Bertz CT molecular complexity index is 513. The topological polar surface area (TPSA) is 42.7 Å². The third-order valence-corrected chi connectivity index (χ3v) is 3.05. The summed E-state index contributed by atoms with van der Waals surface area (Å²) < 4.78 is 1.94. The smallest absolute Gasteiger partial charge is 0.152 e. The van der Waals surface area contributed by atoms with Crippen LogP contribution < -0.4 is 5.32 Å². The maximum atomic E-state index is 6.06. The molecular weight excluding hydrogens is 248 g/mol. The van der Waals surface area contributed by atoms with Gasteiger partial charge in [-0.3, -0.25) is 4.68 Å². The molecule has 0 aliphatic heterocycles. The number of rotatable bonds is 4. The van der Waals surface area contributed by atoms with E-state index in [-0.39, 0.29) is 0 Å². The number of pyridine rings is 1. The van der Waals surface area contributed by atoms with Crippen LogP contribution in [0.5, 0.6) is 0 Å². The fourth-order valence-corrected chi connectivity index (χ4v) is 1.95. The molecule has 0 saturated heterocycles. The number of anilines is 1. The van der Waals surface area contributed by atoms with E-state index >= 15 is 0 Å². The molecule has 2 rings (SSSR count). The van der Waals surface area contributed by atoms with Crippen LogP contribution in [0.3, 0.4) is 0 Å². The lowest BCUT2D eigenvalue weighted by Crippen LogP contribution is -2.03. The van der Waals surface area contributed by atoms with Gasteiger partial charge >= 0.3 is 0 Å². The van der Waals surface area contributed by atoms with Gasteiger partial charge < -0.3 is 5.32 Å². The van der Waals surface area contributed by atoms with Crippen molar-refractivity contribution in [2.75, 3.05) is 5.32 Å². The summed E-state index contributed by atoms with van der Waals surface area (Å²) in [7, 11) is 0. The molecule has 0 atom stereocenters. The predicted molar refractivity (Wildman–Crippen MR) is 73.9 cm³/mol. The molecule has 0 aliphatic rings. The Kier molecular flexibility index (Phi) is 3.87. The molecule has 0 amide bonds. The van der Waals surface area contributed by atoms with Gasteiger partial charge in [-0.15, -0.1) is 0 Å². The van der Waals surface area contributed by atoms with E-state index < -0.39 is 0 Å². The number of hydrogen-bond acceptors (Lipinski definition) is 3. The standard InChI is InChI=1S/C13H17ClN4/c1-9(2)18-8-11(7-17-18)6-16-12-10(3)4-5-15-13(12)14/h4-5,7-9,16H,6H2,1-3H3. The largest absolute Gasteiger partial charge is 0.378 e. The van der Waals surface area contributed by atoms with Gasteiger partial charge in [0.15, 0.2) is 5.15 Å². The van der Waals surface area contributed by atoms with E-state index in [1.54, 1.807) is 6.20 Å². The zero-order valence-corrected chi connectivity index (χ0v) is 11.6. The van der Waals surface area contributed by atoms with Gasteiger partial charge in [-0.25, -0.2) is 4.98 Å². The van der Waals surface area contributed by atoms with Crippen molar-refractivity contribution in [3.8, 4) is 0 Å². The molecule has 0 spiro atoms. The minimum Gasteiger partial charge on any atom is -0.378 e. The fraction of sp³-hybridized carbons (Fsp3) is 0.385. The van der Waals surface area contributed by atoms with Crippen LogP contribution in [0, 0.1) is 6.92 Å². The van der Waals surface area contributed by atoms with E-state index in [9.17, 15) is 0 Å². The second-order valence-corrected chi connectivity index (χ2v) is 4.93. The van der Waals surface area contributed by atoms with Crippen LogP contribution in [0.15, 0.2) is 24.7 Å². The predicted octanol–water partition coefficient (Wildman–Crippen LogP) is 3.43. The zero-order chi connectivity index (χ0) is 13.1. The minimum absolute atomic E-state index is 0.377. The quantitative estimate of drug-likeness (QED) is 0.861. The Morgan fingerprint density at radius 1 is 1.44 bits per heavy atom. The lowest BCUT2D eigenvalue weighted by molar-refractivity contribution is 0.532. The molecule has 96 valence electrons. The molecule has 0 bridgehead atoms. The highest BCUT2D eigenvalue weighted by atomic mass is 35.5. The zero-order valence-electron chi connectivity index (χ0n) is 10.8. The molecule has 0 fully saturated rings. The van der Waals surface area contributed by atoms with E-state index in [0.29, 0.717) is 17.7 Å². The molecule has 0 saturated carbocycles. The van der Waals surface area contributed by atoms with Gasteiger partial charge in [-0.1, -0.05) is 11.6 Å². The van der Waals surface area contributed by atoms with Gasteiger partial charge in [0.25, 0.3) is 0 Å². The Morgan fingerprint density at radius 3 is 2.83 bits per heavy atom. The minimum atomic E-state index is 0.377.